The molecule has 0 aromatic carbocycles. The highest BCUT2D eigenvalue weighted by Crippen LogP contribution is 2.16. The molecule has 0 unspecified atom stereocenters. The first kappa shape index (κ1) is 50.6. The summed E-state index contributed by atoms with van der Waals surface area (Å²) in [5.41, 5.74) is 0. The molecule has 5 heteroatoms. The predicted molar refractivity (Wildman–Crippen MR) is 224 cm³/mol. The topological polar surface area (TPSA) is 72.8 Å². The van der Waals surface area contributed by atoms with Gasteiger partial charge in [-0.05, 0) is 38.5 Å². The van der Waals surface area contributed by atoms with Crippen molar-refractivity contribution in [1.29, 1.82) is 0 Å². The van der Waals surface area contributed by atoms with Crippen LogP contribution in [0.3, 0.4) is 0 Å². The molecule has 1 N–H and O–H groups in total. The van der Waals surface area contributed by atoms with E-state index in [0.29, 0.717) is 12.8 Å². The average Bonchev–Trinajstić information content (AvgIpc) is 3.15. The maximum atomic E-state index is 12.2. The Balaban J connectivity index is 3.47. The van der Waals surface area contributed by atoms with Gasteiger partial charge in [0, 0.05) is 12.8 Å². The minimum atomic E-state index is -0.767. The van der Waals surface area contributed by atoms with Crippen LogP contribution in [0.2, 0.25) is 0 Å². The van der Waals surface area contributed by atoms with E-state index in [1.54, 1.807) is 0 Å². The first-order valence-corrected chi connectivity index (χ1v) is 23.2. The molecule has 0 amide bonds. The number of esters is 2. The molecule has 0 aromatic heterocycles. The normalized spacial score (nSPS) is 12.1. The quantitative estimate of drug-likeness (QED) is 0.0383. The lowest BCUT2D eigenvalue weighted by Gasteiger charge is -2.15. The highest BCUT2D eigenvalue weighted by molar-refractivity contribution is 5.70. The molecule has 0 aliphatic heterocycles. The Kier molecular flexibility index (Phi) is 42.9. The van der Waals surface area contributed by atoms with Gasteiger partial charge in [-0.1, -0.05) is 219 Å². The van der Waals surface area contributed by atoms with Gasteiger partial charge in [0.25, 0.3) is 0 Å². The Hall–Kier alpha value is -1.36. The number of ether oxygens (including phenoxy) is 2. The summed E-state index contributed by atoms with van der Waals surface area (Å²) in [6.07, 6.45) is 51.5. The maximum absolute atomic E-state index is 12.2. The van der Waals surface area contributed by atoms with E-state index in [0.717, 1.165) is 38.5 Å². The van der Waals surface area contributed by atoms with Gasteiger partial charge in [-0.3, -0.25) is 9.59 Å². The van der Waals surface area contributed by atoms with Crippen LogP contribution in [-0.2, 0) is 19.1 Å². The zero-order valence-electron chi connectivity index (χ0n) is 35.1. The van der Waals surface area contributed by atoms with Gasteiger partial charge in [0.15, 0.2) is 6.10 Å². The van der Waals surface area contributed by atoms with Gasteiger partial charge in [-0.2, -0.15) is 0 Å². The second-order valence-corrected chi connectivity index (χ2v) is 15.8. The first-order chi connectivity index (χ1) is 25.6. The van der Waals surface area contributed by atoms with Crippen LogP contribution in [0.5, 0.6) is 0 Å². The summed E-state index contributed by atoms with van der Waals surface area (Å²) in [6.45, 7) is 4.17. The predicted octanol–water partition coefficient (Wildman–Crippen LogP) is 14.9. The van der Waals surface area contributed by atoms with E-state index in [-0.39, 0.29) is 25.2 Å². The number of unbranched alkanes of at least 4 members (excludes halogenated alkanes) is 33. The summed E-state index contributed by atoms with van der Waals surface area (Å²) in [5.74, 6) is -0.580. The Morgan fingerprint density at radius 3 is 1.04 bits per heavy atom. The van der Waals surface area contributed by atoms with Crippen molar-refractivity contribution in [3.05, 3.63) is 12.2 Å². The van der Waals surface area contributed by atoms with Crippen LogP contribution in [0.1, 0.15) is 258 Å². The second-order valence-electron chi connectivity index (χ2n) is 15.8. The number of carbonyl (C=O) groups excluding carboxylic acids is 2. The van der Waals surface area contributed by atoms with Gasteiger partial charge in [-0.25, -0.2) is 0 Å². The summed E-state index contributed by atoms with van der Waals surface area (Å²) < 4.78 is 10.7. The summed E-state index contributed by atoms with van der Waals surface area (Å²) in [5, 5.41) is 9.59. The van der Waals surface area contributed by atoms with Gasteiger partial charge >= 0.3 is 11.9 Å². The minimum Gasteiger partial charge on any atom is -0.462 e. The van der Waals surface area contributed by atoms with Gasteiger partial charge < -0.3 is 14.6 Å². The van der Waals surface area contributed by atoms with Crippen LogP contribution >= 0.6 is 0 Å². The molecule has 308 valence electrons. The van der Waals surface area contributed by atoms with Crippen LogP contribution in [0.25, 0.3) is 0 Å². The van der Waals surface area contributed by atoms with E-state index in [1.807, 2.05) is 0 Å². The van der Waals surface area contributed by atoms with Crippen LogP contribution in [0.15, 0.2) is 12.2 Å². The second kappa shape index (κ2) is 44.0. The molecule has 0 aliphatic carbocycles. The summed E-state index contributed by atoms with van der Waals surface area (Å²) in [6, 6.07) is 0. The fraction of sp³-hybridized carbons (Fsp3) is 0.915. The van der Waals surface area contributed by atoms with Crippen molar-refractivity contribution in [2.24, 2.45) is 0 Å². The smallest absolute Gasteiger partial charge is 0.306 e. The van der Waals surface area contributed by atoms with E-state index in [1.165, 1.54) is 193 Å². The fourth-order valence-electron chi connectivity index (χ4n) is 7.02. The van der Waals surface area contributed by atoms with Crippen molar-refractivity contribution in [3.63, 3.8) is 0 Å². The Morgan fingerprint density at radius 1 is 0.423 bits per heavy atom. The van der Waals surface area contributed by atoms with Gasteiger partial charge in [0.1, 0.15) is 6.61 Å². The van der Waals surface area contributed by atoms with Gasteiger partial charge in [0.2, 0.25) is 0 Å². The van der Waals surface area contributed by atoms with E-state index in [2.05, 4.69) is 26.0 Å². The lowest BCUT2D eigenvalue weighted by atomic mass is 10.0. The molecular weight excluding hydrogens is 645 g/mol. The van der Waals surface area contributed by atoms with Gasteiger partial charge in [0.05, 0.1) is 6.61 Å². The monoisotopic (exact) mass is 735 g/mol. The third-order valence-electron chi connectivity index (χ3n) is 10.6. The molecule has 0 rings (SSSR count). The van der Waals surface area contributed by atoms with Crippen molar-refractivity contribution >= 4 is 11.9 Å². The summed E-state index contributed by atoms with van der Waals surface area (Å²) in [7, 11) is 0. The molecule has 0 fully saturated rings. The molecule has 0 heterocycles. The average molecular weight is 735 g/mol. The van der Waals surface area contributed by atoms with E-state index < -0.39 is 6.10 Å². The highest BCUT2D eigenvalue weighted by Gasteiger charge is 2.16. The third-order valence-corrected chi connectivity index (χ3v) is 10.6. The number of rotatable bonds is 43. The zero-order chi connectivity index (χ0) is 37.8. The molecule has 0 radical (unpaired) electrons. The summed E-state index contributed by atoms with van der Waals surface area (Å²) in [4.78, 5) is 24.4. The molecular formula is C47H90O5. The lowest BCUT2D eigenvalue weighted by Crippen LogP contribution is -2.28. The van der Waals surface area contributed by atoms with Crippen molar-refractivity contribution in [1.82, 2.24) is 0 Å². The molecule has 0 saturated carbocycles. The van der Waals surface area contributed by atoms with E-state index >= 15 is 0 Å². The Morgan fingerprint density at radius 2 is 0.712 bits per heavy atom. The maximum Gasteiger partial charge on any atom is 0.306 e. The standard InChI is InChI=1S/C47H90O5/c1-3-5-7-9-11-13-15-17-19-21-22-23-24-26-28-30-32-34-36-38-40-42-47(50)52-45(43-48)44-51-46(49)41-39-37-35-33-31-29-27-25-20-18-16-14-12-10-8-6-4-2/h18,20,45,48H,3-17,19,21-44H2,1-2H3/b20-18-/t45-/m0/s1. The number of hydrogen-bond donors (Lipinski definition) is 1. The van der Waals surface area contributed by atoms with Crippen molar-refractivity contribution in [2.75, 3.05) is 13.2 Å². The third kappa shape index (κ3) is 41.4. The van der Waals surface area contributed by atoms with Crippen LogP contribution in [0, 0.1) is 0 Å². The van der Waals surface area contributed by atoms with E-state index in [9.17, 15) is 14.7 Å². The Bertz CT molecular complexity index is 750. The number of allylic oxidation sites excluding steroid dienone is 2. The van der Waals surface area contributed by atoms with Crippen LogP contribution in [0.4, 0.5) is 0 Å². The zero-order valence-corrected chi connectivity index (χ0v) is 35.1. The molecule has 0 spiro atoms. The Labute approximate surface area is 324 Å². The fourth-order valence-corrected chi connectivity index (χ4v) is 7.02. The van der Waals surface area contributed by atoms with Crippen molar-refractivity contribution < 1.29 is 24.2 Å². The highest BCUT2D eigenvalue weighted by atomic mass is 16.6. The molecule has 52 heavy (non-hydrogen) atoms. The molecule has 0 aliphatic rings. The van der Waals surface area contributed by atoms with Gasteiger partial charge in [-0.15, -0.1) is 0 Å². The number of aliphatic hydroxyl groups excluding tert-OH is 1. The number of aliphatic hydroxyl groups is 1. The first-order valence-electron chi connectivity index (χ1n) is 23.2. The summed E-state index contributed by atoms with van der Waals surface area (Å²) >= 11 is 0. The van der Waals surface area contributed by atoms with Crippen LogP contribution < -0.4 is 0 Å². The SMILES string of the molecule is CCCCCCCC/C=C\CCCCCCCCCC(=O)OC[C@H](CO)OC(=O)CCCCCCCCCCCCCCCCCCCCCCC. The molecule has 1 atom stereocenters. The van der Waals surface area contributed by atoms with E-state index in [4.69, 9.17) is 9.47 Å². The molecule has 5 nitrogen and oxygen atoms in total. The molecule has 0 saturated heterocycles. The largest absolute Gasteiger partial charge is 0.462 e. The molecule has 0 bridgehead atoms. The molecule has 0 aromatic rings. The van der Waals surface area contributed by atoms with Crippen molar-refractivity contribution in [2.45, 2.75) is 264 Å². The van der Waals surface area contributed by atoms with Crippen LogP contribution in [-0.4, -0.2) is 36.4 Å². The number of carbonyl (C=O) groups is 2. The lowest BCUT2D eigenvalue weighted by molar-refractivity contribution is -0.161. The number of hydrogen-bond acceptors (Lipinski definition) is 5. The van der Waals surface area contributed by atoms with Crippen molar-refractivity contribution in [3.8, 4) is 0 Å². The minimum absolute atomic E-state index is 0.0617.